The molecule has 0 saturated heterocycles. The van der Waals surface area contributed by atoms with Crippen LogP contribution in [0.25, 0.3) is 0 Å². The van der Waals surface area contributed by atoms with Gasteiger partial charge in [-0.15, -0.1) is 0 Å². The van der Waals surface area contributed by atoms with Gasteiger partial charge in [-0.05, 0) is 52.3 Å². The molecule has 0 bridgehead atoms. The van der Waals surface area contributed by atoms with Gasteiger partial charge in [-0.2, -0.15) is 0 Å². The van der Waals surface area contributed by atoms with Crippen LogP contribution in [0.4, 0.5) is 5.69 Å². The fourth-order valence-electron chi connectivity index (χ4n) is 1.90. The number of anilines is 1. The first-order valence-electron chi connectivity index (χ1n) is 6.83. The number of methoxy groups -OCH3 is 1. The van der Waals surface area contributed by atoms with Crippen LogP contribution in [0.15, 0.2) is 57.9 Å². The monoisotopic (exact) mass is 397 g/mol. The van der Waals surface area contributed by atoms with E-state index >= 15 is 0 Å². The number of benzene rings is 2. The van der Waals surface area contributed by atoms with E-state index in [1.54, 1.807) is 30.3 Å². The Labute approximate surface area is 143 Å². The Morgan fingerprint density at radius 3 is 2.39 bits per heavy atom. The van der Waals surface area contributed by atoms with Crippen LogP contribution in [0.3, 0.4) is 0 Å². The normalized spacial score (nSPS) is 11.0. The third kappa shape index (κ3) is 4.80. The molecule has 122 valence electrons. The highest BCUT2D eigenvalue weighted by Gasteiger charge is 2.17. The molecule has 0 aromatic heterocycles. The van der Waals surface area contributed by atoms with E-state index in [-0.39, 0.29) is 23.0 Å². The summed E-state index contributed by atoms with van der Waals surface area (Å²) in [6.45, 7) is 0. The highest BCUT2D eigenvalue weighted by molar-refractivity contribution is 9.10. The highest BCUT2D eigenvalue weighted by Crippen LogP contribution is 2.22. The first kappa shape index (κ1) is 17.5. The lowest BCUT2D eigenvalue weighted by molar-refractivity contribution is -0.115. The second kappa shape index (κ2) is 7.61. The van der Waals surface area contributed by atoms with Crippen LogP contribution < -0.4 is 10.1 Å². The van der Waals surface area contributed by atoms with Gasteiger partial charge in [0.2, 0.25) is 5.91 Å². The Morgan fingerprint density at radius 2 is 1.78 bits per heavy atom. The van der Waals surface area contributed by atoms with Gasteiger partial charge in [0.15, 0.2) is 9.84 Å². The molecule has 2 aromatic carbocycles. The Balaban J connectivity index is 1.98. The number of rotatable bonds is 6. The van der Waals surface area contributed by atoms with Gasteiger partial charge >= 0.3 is 0 Å². The molecule has 1 N–H and O–H groups in total. The molecule has 2 rings (SSSR count). The Bertz CT molecular complexity index is 788. The van der Waals surface area contributed by atoms with E-state index in [1.807, 2.05) is 6.07 Å². The van der Waals surface area contributed by atoms with Crippen LogP contribution in [0.1, 0.15) is 6.42 Å². The molecule has 1 amide bonds. The standard InChI is InChI=1S/C16H16BrNO4S/c1-22-12-6-8-13(9-7-12)23(20,21)11-10-16(19)18-15-5-3-2-4-14(15)17/h2-9H,10-11H2,1H3,(H,18,19). The van der Waals surface area contributed by atoms with Gasteiger partial charge in [0.25, 0.3) is 0 Å². The van der Waals surface area contributed by atoms with Crippen LogP contribution >= 0.6 is 15.9 Å². The van der Waals surface area contributed by atoms with Crippen molar-refractivity contribution in [2.75, 3.05) is 18.2 Å². The summed E-state index contributed by atoms with van der Waals surface area (Å²) in [5, 5.41) is 2.68. The zero-order chi connectivity index (χ0) is 16.9. The molecule has 0 aliphatic heterocycles. The minimum absolute atomic E-state index is 0.115. The zero-order valence-corrected chi connectivity index (χ0v) is 14.9. The number of hydrogen-bond donors (Lipinski definition) is 1. The molecule has 0 aliphatic rings. The van der Waals surface area contributed by atoms with Crippen molar-refractivity contribution in [3.63, 3.8) is 0 Å². The third-order valence-corrected chi connectivity index (χ3v) is 5.59. The average molecular weight is 398 g/mol. The van der Waals surface area contributed by atoms with Crippen molar-refractivity contribution < 1.29 is 17.9 Å². The largest absolute Gasteiger partial charge is 0.497 e. The van der Waals surface area contributed by atoms with Crippen LogP contribution in [-0.4, -0.2) is 27.2 Å². The molecule has 5 nitrogen and oxygen atoms in total. The minimum Gasteiger partial charge on any atom is -0.497 e. The second-order valence-corrected chi connectivity index (χ2v) is 7.74. The van der Waals surface area contributed by atoms with Crippen molar-refractivity contribution in [1.29, 1.82) is 0 Å². The highest BCUT2D eigenvalue weighted by atomic mass is 79.9. The van der Waals surface area contributed by atoms with Gasteiger partial charge in [-0.25, -0.2) is 8.42 Å². The molecule has 0 aliphatic carbocycles. The van der Waals surface area contributed by atoms with Crippen molar-refractivity contribution >= 4 is 37.4 Å². The summed E-state index contributed by atoms with van der Waals surface area (Å²) in [4.78, 5) is 12.1. The number of carbonyl (C=O) groups excluding carboxylic acids is 1. The number of sulfone groups is 1. The van der Waals surface area contributed by atoms with E-state index in [4.69, 9.17) is 4.74 Å². The summed E-state index contributed by atoms with van der Waals surface area (Å²) >= 11 is 3.32. The predicted octanol–water partition coefficient (Wildman–Crippen LogP) is 3.26. The Kier molecular flexibility index (Phi) is 5.79. The van der Waals surface area contributed by atoms with Crippen LogP contribution in [0.5, 0.6) is 5.75 Å². The maximum Gasteiger partial charge on any atom is 0.225 e. The van der Waals surface area contributed by atoms with Crippen LogP contribution in [0.2, 0.25) is 0 Å². The SMILES string of the molecule is COc1ccc(S(=O)(=O)CCC(=O)Nc2ccccc2Br)cc1. The molecule has 23 heavy (non-hydrogen) atoms. The van der Waals surface area contributed by atoms with E-state index in [1.165, 1.54) is 19.2 Å². The summed E-state index contributed by atoms with van der Waals surface area (Å²) in [5.74, 6) is -0.0279. The van der Waals surface area contributed by atoms with Gasteiger partial charge in [-0.3, -0.25) is 4.79 Å². The number of nitrogens with one attached hydrogen (secondary N) is 1. The van der Waals surface area contributed by atoms with E-state index in [0.717, 1.165) is 4.47 Å². The lowest BCUT2D eigenvalue weighted by atomic mass is 10.3. The molecular weight excluding hydrogens is 382 g/mol. The second-order valence-electron chi connectivity index (χ2n) is 4.77. The van der Waals surface area contributed by atoms with Gasteiger partial charge in [-0.1, -0.05) is 12.1 Å². The van der Waals surface area contributed by atoms with Gasteiger partial charge in [0.1, 0.15) is 5.75 Å². The molecule has 0 saturated carbocycles. The molecule has 0 heterocycles. The smallest absolute Gasteiger partial charge is 0.225 e. The van der Waals surface area contributed by atoms with Gasteiger partial charge in [0, 0.05) is 10.9 Å². The van der Waals surface area contributed by atoms with Gasteiger partial charge < -0.3 is 10.1 Å². The van der Waals surface area contributed by atoms with E-state index in [2.05, 4.69) is 21.2 Å². The van der Waals surface area contributed by atoms with Crippen molar-refractivity contribution in [2.45, 2.75) is 11.3 Å². The minimum atomic E-state index is -3.51. The number of ether oxygens (including phenoxy) is 1. The summed E-state index contributed by atoms with van der Waals surface area (Å²) in [6.07, 6.45) is -0.115. The average Bonchev–Trinajstić information content (AvgIpc) is 2.55. The molecule has 0 fully saturated rings. The Morgan fingerprint density at radius 1 is 1.13 bits per heavy atom. The number of para-hydroxylation sites is 1. The maximum atomic E-state index is 12.2. The number of amides is 1. The molecule has 0 radical (unpaired) electrons. The molecule has 0 spiro atoms. The first-order valence-corrected chi connectivity index (χ1v) is 9.28. The van der Waals surface area contributed by atoms with Gasteiger partial charge in [0.05, 0.1) is 23.4 Å². The van der Waals surface area contributed by atoms with Crippen molar-refractivity contribution in [3.05, 3.63) is 53.0 Å². The maximum absolute atomic E-state index is 12.2. The quantitative estimate of drug-likeness (QED) is 0.811. The third-order valence-electron chi connectivity index (χ3n) is 3.16. The number of halogens is 1. The lowest BCUT2D eigenvalue weighted by Gasteiger charge is -2.08. The lowest BCUT2D eigenvalue weighted by Crippen LogP contribution is -2.17. The van der Waals surface area contributed by atoms with Crippen LogP contribution in [0, 0.1) is 0 Å². The summed E-state index contributed by atoms with van der Waals surface area (Å²) in [5.41, 5.74) is 0.611. The van der Waals surface area contributed by atoms with Crippen LogP contribution in [-0.2, 0) is 14.6 Å². The molecule has 2 aromatic rings. The van der Waals surface area contributed by atoms with E-state index in [0.29, 0.717) is 11.4 Å². The predicted molar refractivity (Wildman–Crippen MR) is 92.4 cm³/mol. The van der Waals surface area contributed by atoms with Crippen molar-refractivity contribution in [1.82, 2.24) is 0 Å². The zero-order valence-electron chi connectivity index (χ0n) is 12.5. The topological polar surface area (TPSA) is 72.5 Å². The Hall–Kier alpha value is -1.86. The van der Waals surface area contributed by atoms with Crippen molar-refractivity contribution in [3.8, 4) is 5.75 Å². The van der Waals surface area contributed by atoms with Crippen molar-refractivity contribution in [2.24, 2.45) is 0 Å². The van der Waals surface area contributed by atoms with E-state index < -0.39 is 9.84 Å². The molecular formula is C16H16BrNO4S. The fourth-order valence-corrected chi connectivity index (χ4v) is 3.53. The fraction of sp³-hybridized carbons (Fsp3) is 0.188. The molecule has 0 atom stereocenters. The number of hydrogen-bond acceptors (Lipinski definition) is 4. The summed E-state index contributed by atoms with van der Waals surface area (Å²) < 4.78 is 30.2. The summed E-state index contributed by atoms with van der Waals surface area (Å²) in [6, 6.07) is 13.2. The first-order chi connectivity index (χ1) is 10.9. The molecule has 0 unspecified atom stereocenters. The number of carbonyl (C=O) groups is 1. The molecule has 7 heteroatoms. The van der Waals surface area contributed by atoms with E-state index in [9.17, 15) is 13.2 Å². The summed E-state index contributed by atoms with van der Waals surface area (Å²) in [7, 11) is -2.00.